The third-order valence-corrected chi connectivity index (χ3v) is 4.80. The molecule has 1 N–H and O–H groups in total. The number of fused-ring (bicyclic) bond motifs is 2. The second kappa shape index (κ2) is 4.19. The molecule has 4 rings (SSSR count). The summed E-state index contributed by atoms with van der Waals surface area (Å²) in [5, 5.41) is 3.55. The van der Waals surface area contributed by atoms with Crippen LogP contribution in [0.25, 0.3) is 0 Å². The van der Waals surface area contributed by atoms with Gasteiger partial charge in [0.25, 0.3) is 0 Å². The minimum Gasteiger partial charge on any atom is -0.352 e. The van der Waals surface area contributed by atoms with Crippen LogP contribution in [0.1, 0.15) is 30.5 Å². The minimum atomic E-state index is 0.665. The van der Waals surface area contributed by atoms with Gasteiger partial charge in [-0.3, -0.25) is 0 Å². The number of aromatic nitrogens is 2. The summed E-state index contributed by atoms with van der Waals surface area (Å²) < 4.78 is 0. The summed E-state index contributed by atoms with van der Waals surface area (Å²) in [6, 6.07) is 0.665. The van der Waals surface area contributed by atoms with Gasteiger partial charge in [-0.05, 0) is 38.0 Å². The molecule has 4 heteroatoms. The number of hydrogen-bond donors (Lipinski definition) is 1. The molecule has 2 unspecified atom stereocenters. The SMILES string of the molecule is c1nc2c(c(N3CCCC4CNCC43)n1)CCC2. The summed E-state index contributed by atoms with van der Waals surface area (Å²) in [4.78, 5) is 11.6. The molecule has 0 aromatic carbocycles. The van der Waals surface area contributed by atoms with Crippen molar-refractivity contribution in [2.24, 2.45) is 5.92 Å². The van der Waals surface area contributed by atoms with E-state index in [2.05, 4.69) is 20.2 Å². The van der Waals surface area contributed by atoms with E-state index >= 15 is 0 Å². The second-order valence-electron chi connectivity index (χ2n) is 5.80. The number of nitrogens with one attached hydrogen (secondary N) is 1. The largest absolute Gasteiger partial charge is 0.352 e. The van der Waals surface area contributed by atoms with Crippen molar-refractivity contribution < 1.29 is 0 Å². The van der Waals surface area contributed by atoms with Gasteiger partial charge in [0, 0.05) is 36.9 Å². The molecular formula is C14H20N4. The van der Waals surface area contributed by atoms with Crippen LogP contribution in [0.15, 0.2) is 6.33 Å². The molecule has 0 bridgehead atoms. The Morgan fingerprint density at radius 3 is 3.17 bits per heavy atom. The topological polar surface area (TPSA) is 41.1 Å². The molecule has 2 aliphatic heterocycles. The molecule has 0 radical (unpaired) electrons. The fourth-order valence-electron chi connectivity index (χ4n) is 3.92. The zero-order valence-electron chi connectivity index (χ0n) is 10.7. The second-order valence-corrected chi connectivity index (χ2v) is 5.80. The summed E-state index contributed by atoms with van der Waals surface area (Å²) in [6.07, 6.45) is 8.02. The van der Waals surface area contributed by atoms with Gasteiger partial charge < -0.3 is 10.2 Å². The molecule has 3 aliphatic rings. The van der Waals surface area contributed by atoms with E-state index in [1.807, 2.05) is 0 Å². The van der Waals surface area contributed by atoms with Crippen LogP contribution in [0.2, 0.25) is 0 Å². The first-order valence-electron chi connectivity index (χ1n) is 7.23. The van der Waals surface area contributed by atoms with Crippen LogP contribution < -0.4 is 10.2 Å². The summed E-state index contributed by atoms with van der Waals surface area (Å²) >= 11 is 0. The normalized spacial score (nSPS) is 30.3. The monoisotopic (exact) mass is 244 g/mol. The van der Waals surface area contributed by atoms with Gasteiger partial charge in [0.15, 0.2) is 0 Å². The Hall–Kier alpha value is -1.16. The molecule has 0 amide bonds. The molecule has 18 heavy (non-hydrogen) atoms. The van der Waals surface area contributed by atoms with Crippen LogP contribution in [0, 0.1) is 5.92 Å². The summed E-state index contributed by atoms with van der Waals surface area (Å²) in [5.41, 5.74) is 2.73. The minimum absolute atomic E-state index is 0.665. The van der Waals surface area contributed by atoms with E-state index in [1.54, 1.807) is 6.33 Å². The molecule has 1 aromatic heterocycles. The number of nitrogens with zero attached hydrogens (tertiary/aromatic N) is 3. The van der Waals surface area contributed by atoms with Crippen molar-refractivity contribution in [2.75, 3.05) is 24.5 Å². The smallest absolute Gasteiger partial charge is 0.135 e. The molecule has 96 valence electrons. The first kappa shape index (κ1) is 10.7. The molecule has 0 saturated carbocycles. The lowest BCUT2D eigenvalue weighted by Gasteiger charge is -2.38. The fraction of sp³-hybridized carbons (Fsp3) is 0.714. The highest BCUT2D eigenvalue weighted by molar-refractivity contribution is 5.52. The van der Waals surface area contributed by atoms with Gasteiger partial charge in [0.2, 0.25) is 0 Å². The fourth-order valence-corrected chi connectivity index (χ4v) is 3.92. The van der Waals surface area contributed by atoms with E-state index in [9.17, 15) is 0 Å². The van der Waals surface area contributed by atoms with Crippen molar-refractivity contribution in [3.05, 3.63) is 17.6 Å². The van der Waals surface area contributed by atoms with Gasteiger partial charge in [-0.1, -0.05) is 0 Å². The average molecular weight is 244 g/mol. The Bertz CT molecular complexity index is 459. The van der Waals surface area contributed by atoms with Gasteiger partial charge in [0.05, 0.1) is 0 Å². The number of piperidine rings is 1. The van der Waals surface area contributed by atoms with Gasteiger partial charge in [-0.15, -0.1) is 0 Å². The van der Waals surface area contributed by atoms with E-state index in [1.165, 1.54) is 55.8 Å². The van der Waals surface area contributed by atoms with Crippen LogP contribution >= 0.6 is 0 Å². The molecule has 2 fully saturated rings. The molecule has 1 aliphatic carbocycles. The van der Waals surface area contributed by atoms with Gasteiger partial charge in [-0.2, -0.15) is 0 Å². The molecule has 1 aromatic rings. The maximum Gasteiger partial charge on any atom is 0.135 e. The Morgan fingerprint density at radius 2 is 2.17 bits per heavy atom. The Balaban J connectivity index is 1.72. The maximum atomic E-state index is 4.62. The van der Waals surface area contributed by atoms with Crippen molar-refractivity contribution in [3.63, 3.8) is 0 Å². The molecule has 4 nitrogen and oxygen atoms in total. The lowest BCUT2D eigenvalue weighted by Crippen LogP contribution is -2.46. The van der Waals surface area contributed by atoms with Gasteiger partial charge in [0.1, 0.15) is 12.1 Å². The molecule has 0 spiro atoms. The molecular weight excluding hydrogens is 224 g/mol. The van der Waals surface area contributed by atoms with Gasteiger partial charge >= 0.3 is 0 Å². The van der Waals surface area contributed by atoms with E-state index in [0.29, 0.717) is 6.04 Å². The molecule has 2 saturated heterocycles. The summed E-state index contributed by atoms with van der Waals surface area (Å²) in [7, 11) is 0. The van der Waals surface area contributed by atoms with Crippen molar-refractivity contribution >= 4 is 5.82 Å². The summed E-state index contributed by atoms with van der Waals surface area (Å²) in [5.74, 6) is 2.07. The lowest BCUT2D eigenvalue weighted by atomic mass is 9.91. The van der Waals surface area contributed by atoms with Crippen LogP contribution in [0.4, 0.5) is 5.82 Å². The quantitative estimate of drug-likeness (QED) is 0.804. The highest BCUT2D eigenvalue weighted by atomic mass is 15.3. The number of anilines is 1. The van der Waals surface area contributed by atoms with Crippen LogP contribution in [-0.4, -0.2) is 35.6 Å². The average Bonchev–Trinajstić information content (AvgIpc) is 3.06. The van der Waals surface area contributed by atoms with E-state index in [0.717, 1.165) is 18.9 Å². The van der Waals surface area contributed by atoms with E-state index in [-0.39, 0.29) is 0 Å². The predicted molar refractivity (Wildman–Crippen MR) is 70.8 cm³/mol. The van der Waals surface area contributed by atoms with Crippen LogP contribution in [-0.2, 0) is 12.8 Å². The third-order valence-electron chi connectivity index (χ3n) is 4.80. The van der Waals surface area contributed by atoms with E-state index < -0.39 is 0 Å². The molecule has 3 heterocycles. The number of aryl methyl sites for hydroxylation is 1. The Labute approximate surface area is 108 Å². The highest BCUT2D eigenvalue weighted by Crippen LogP contribution is 2.34. The van der Waals surface area contributed by atoms with Gasteiger partial charge in [-0.25, -0.2) is 9.97 Å². The predicted octanol–water partition coefficient (Wildman–Crippen LogP) is 1.15. The first-order chi connectivity index (χ1) is 8.93. The third kappa shape index (κ3) is 1.55. The summed E-state index contributed by atoms with van der Waals surface area (Å²) in [6.45, 7) is 3.49. The first-order valence-corrected chi connectivity index (χ1v) is 7.23. The van der Waals surface area contributed by atoms with Crippen molar-refractivity contribution in [3.8, 4) is 0 Å². The maximum absolute atomic E-state index is 4.62. The van der Waals surface area contributed by atoms with Crippen molar-refractivity contribution in [1.82, 2.24) is 15.3 Å². The number of hydrogen-bond acceptors (Lipinski definition) is 4. The highest BCUT2D eigenvalue weighted by Gasteiger charge is 2.37. The zero-order valence-corrected chi connectivity index (χ0v) is 10.7. The molecule has 2 atom stereocenters. The van der Waals surface area contributed by atoms with Crippen LogP contribution in [0.5, 0.6) is 0 Å². The van der Waals surface area contributed by atoms with Crippen molar-refractivity contribution in [2.45, 2.75) is 38.1 Å². The lowest BCUT2D eigenvalue weighted by molar-refractivity contribution is 0.382. The van der Waals surface area contributed by atoms with Crippen molar-refractivity contribution in [1.29, 1.82) is 0 Å². The van der Waals surface area contributed by atoms with Crippen LogP contribution in [0.3, 0.4) is 0 Å². The Morgan fingerprint density at radius 1 is 1.17 bits per heavy atom. The standard InChI is InChI=1S/C14H20N4/c1-4-11-12(5-1)16-9-17-14(11)18-6-2-3-10-7-15-8-13(10)18/h9-10,13,15H,1-8H2. The zero-order chi connectivity index (χ0) is 11.9. The van der Waals surface area contributed by atoms with E-state index in [4.69, 9.17) is 0 Å². The Kier molecular flexibility index (Phi) is 2.50. The number of rotatable bonds is 1.